The fourth-order valence-corrected chi connectivity index (χ4v) is 5.49. The summed E-state index contributed by atoms with van der Waals surface area (Å²) >= 11 is 0. The van der Waals surface area contributed by atoms with Gasteiger partial charge in [0.2, 0.25) is 0 Å². The summed E-state index contributed by atoms with van der Waals surface area (Å²) in [5, 5.41) is 17.4. The first-order valence-electron chi connectivity index (χ1n) is 14.5. The van der Waals surface area contributed by atoms with E-state index in [9.17, 15) is 27.9 Å². The molecule has 1 heterocycles. The number of benzene rings is 5. The van der Waals surface area contributed by atoms with Crippen molar-refractivity contribution in [2.45, 2.75) is 25.7 Å². The number of fused-ring (bicyclic) bond motifs is 1. The number of hydrogen-bond acceptors (Lipinski definition) is 3. The third-order valence-corrected chi connectivity index (χ3v) is 7.87. The van der Waals surface area contributed by atoms with Crippen LogP contribution in [0.3, 0.4) is 0 Å². The minimum absolute atomic E-state index is 0.123. The molecule has 1 atom stereocenters. The van der Waals surface area contributed by atoms with Crippen LogP contribution in [0.25, 0.3) is 33.2 Å². The molecular formula is C37H28F3N3O3. The Hall–Kier alpha value is -5.70. The quantitative estimate of drug-likeness (QED) is 0.179. The molecule has 9 heteroatoms. The summed E-state index contributed by atoms with van der Waals surface area (Å²) in [5.74, 6) is -1.51. The number of amides is 1. The fraction of sp³-hybridized carbons (Fsp3) is 0.108. The number of rotatable bonds is 8. The van der Waals surface area contributed by atoms with E-state index in [1.54, 1.807) is 48.1 Å². The molecule has 230 valence electrons. The highest BCUT2D eigenvalue weighted by molar-refractivity contribution is 6.07. The van der Waals surface area contributed by atoms with E-state index in [1.165, 1.54) is 18.2 Å². The van der Waals surface area contributed by atoms with Crippen LogP contribution in [0.5, 0.6) is 0 Å². The Morgan fingerprint density at radius 3 is 2.17 bits per heavy atom. The van der Waals surface area contributed by atoms with Crippen molar-refractivity contribution in [3.63, 3.8) is 0 Å². The first-order valence-corrected chi connectivity index (χ1v) is 14.5. The van der Waals surface area contributed by atoms with Crippen LogP contribution >= 0.6 is 0 Å². The lowest BCUT2D eigenvalue weighted by molar-refractivity contribution is -0.137. The molecule has 0 saturated carbocycles. The molecule has 0 fully saturated rings. The third-order valence-electron chi connectivity index (χ3n) is 7.87. The van der Waals surface area contributed by atoms with E-state index in [2.05, 4.69) is 16.5 Å². The second-order valence-corrected chi connectivity index (χ2v) is 11.0. The van der Waals surface area contributed by atoms with Gasteiger partial charge in [0.15, 0.2) is 0 Å². The molecular weight excluding hydrogens is 591 g/mol. The second kappa shape index (κ2) is 12.4. The summed E-state index contributed by atoms with van der Waals surface area (Å²) in [7, 11) is 0. The van der Waals surface area contributed by atoms with Gasteiger partial charge >= 0.3 is 12.1 Å². The summed E-state index contributed by atoms with van der Waals surface area (Å²) in [6.07, 6.45) is -2.91. The molecule has 2 N–H and O–H groups in total. The summed E-state index contributed by atoms with van der Waals surface area (Å²) in [4.78, 5) is 25.2. The summed E-state index contributed by atoms with van der Waals surface area (Å²) in [6.45, 7) is 2.12. The number of aromatic nitrogens is 2. The zero-order valence-corrected chi connectivity index (χ0v) is 24.6. The topological polar surface area (TPSA) is 84.2 Å². The Kier molecular flexibility index (Phi) is 8.15. The Bertz CT molecular complexity index is 2050. The van der Waals surface area contributed by atoms with Gasteiger partial charge in [-0.05, 0) is 82.8 Å². The van der Waals surface area contributed by atoms with E-state index in [4.69, 9.17) is 0 Å². The Balaban J connectivity index is 1.41. The van der Waals surface area contributed by atoms with Crippen molar-refractivity contribution in [2.75, 3.05) is 0 Å². The van der Waals surface area contributed by atoms with Gasteiger partial charge in [0, 0.05) is 5.39 Å². The van der Waals surface area contributed by atoms with Gasteiger partial charge in [-0.25, -0.2) is 4.79 Å². The van der Waals surface area contributed by atoms with Gasteiger partial charge in [0.25, 0.3) is 5.91 Å². The van der Waals surface area contributed by atoms with Crippen molar-refractivity contribution in [1.29, 1.82) is 0 Å². The maximum Gasteiger partial charge on any atom is 0.416 e. The van der Waals surface area contributed by atoms with Gasteiger partial charge in [0.05, 0.1) is 41.0 Å². The van der Waals surface area contributed by atoms with E-state index in [0.29, 0.717) is 34.1 Å². The van der Waals surface area contributed by atoms with Gasteiger partial charge in [-0.3, -0.25) is 9.48 Å². The van der Waals surface area contributed by atoms with E-state index in [0.717, 1.165) is 28.8 Å². The first kappa shape index (κ1) is 30.3. The van der Waals surface area contributed by atoms with Crippen LogP contribution < -0.4 is 5.32 Å². The molecule has 0 aliphatic carbocycles. The van der Waals surface area contributed by atoms with Crippen LogP contribution in [-0.4, -0.2) is 26.8 Å². The number of carbonyl (C=O) groups excluding carboxylic acids is 1. The fourth-order valence-electron chi connectivity index (χ4n) is 5.49. The molecule has 6 aromatic rings. The highest BCUT2D eigenvalue weighted by atomic mass is 19.4. The number of carboxylic acids is 1. The number of aromatic carboxylic acids is 1. The van der Waals surface area contributed by atoms with Gasteiger partial charge in [-0.2, -0.15) is 18.3 Å². The number of alkyl halides is 3. The third kappa shape index (κ3) is 6.39. The Labute approximate surface area is 262 Å². The van der Waals surface area contributed by atoms with Crippen molar-refractivity contribution in [1.82, 2.24) is 15.1 Å². The molecule has 0 bridgehead atoms. The van der Waals surface area contributed by atoms with Crippen molar-refractivity contribution >= 4 is 22.8 Å². The number of halogens is 3. The van der Waals surface area contributed by atoms with E-state index in [1.807, 2.05) is 48.5 Å². The Morgan fingerprint density at radius 1 is 0.804 bits per heavy atom. The zero-order chi connectivity index (χ0) is 32.4. The van der Waals surface area contributed by atoms with E-state index >= 15 is 0 Å². The van der Waals surface area contributed by atoms with Gasteiger partial charge in [-0.15, -0.1) is 0 Å². The summed E-state index contributed by atoms with van der Waals surface area (Å²) in [6, 6.07) is 32.0. The summed E-state index contributed by atoms with van der Waals surface area (Å²) < 4.78 is 42.4. The van der Waals surface area contributed by atoms with Gasteiger partial charge in [-0.1, -0.05) is 72.8 Å². The minimum atomic E-state index is -4.52. The maximum atomic E-state index is 13.9. The zero-order valence-electron chi connectivity index (χ0n) is 24.6. The number of carboxylic acid groups (broad SMARTS) is 1. The standard InChI is InChI=1S/C37H28F3N3O3/c1-23(25-13-15-27(16-14-25)36(45)46)42-35(44)33-20-30(29-11-6-12-32(19-29)37(38,39)40)18-31-21-41-43(34(31)33)22-24-7-5-10-28(17-24)26-8-3-2-4-9-26/h2-21,23H,22H2,1H3,(H,42,44)(H,45,46)/t23-/m0/s1. The number of nitrogens with one attached hydrogen (secondary N) is 1. The molecule has 6 nitrogen and oxygen atoms in total. The predicted molar refractivity (Wildman–Crippen MR) is 170 cm³/mol. The average molecular weight is 620 g/mol. The average Bonchev–Trinajstić information content (AvgIpc) is 3.46. The highest BCUT2D eigenvalue weighted by Crippen LogP contribution is 2.34. The number of hydrogen-bond donors (Lipinski definition) is 2. The lowest BCUT2D eigenvalue weighted by Gasteiger charge is -2.17. The molecule has 0 aliphatic rings. The van der Waals surface area contributed by atoms with Crippen molar-refractivity contribution in [3.8, 4) is 22.3 Å². The van der Waals surface area contributed by atoms with Crippen LogP contribution in [0.2, 0.25) is 0 Å². The van der Waals surface area contributed by atoms with Crippen LogP contribution in [0, 0.1) is 0 Å². The monoisotopic (exact) mass is 619 g/mol. The molecule has 5 aromatic carbocycles. The van der Waals surface area contributed by atoms with Crippen LogP contribution in [0.4, 0.5) is 13.2 Å². The molecule has 46 heavy (non-hydrogen) atoms. The largest absolute Gasteiger partial charge is 0.478 e. The molecule has 0 aliphatic heterocycles. The SMILES string of the molecule is C[C@H](NC(=O)c1cc(-c2cccc(C(F)(F)F)c2)cc2cnn(Cc3cccc(-c4ccccc4)c3)c12)c1ccc(C(=O)O)cc1. The van der Waals surface area contributed by atoms with Crippen LogP contribution in [-0.2, 0) is 12.7 Å². The number of nitrogens with zero attached hydrogens (tertiary/aromatic N) is 2. The predicted octanol–water partition coefficient (Wildman–Crippen LogP) is 8.63. The lowest BCUT2D eigenvalue weighted by atomic mass is 9.97. The molecule has 0 saturated heterocycles. The second-order valence-electron chi connectivity index (χ2n) is 11.0. The van der Waals surface area contributed by atoms with Crippen molar-refractivity contribution in [3.05, 3.63) is 149 Å². The highest BCUT2D eigenvalue weighted by Gasteiger charge is 2.30. The molecule has 1 amide bonds. The number of carbonyl (C=O) groups is 2. The Morgan fingerprint density at radius 2 is 1.48 bits per heavy atom. The molecule has 0 radical (unpaired) electrons. The maximum absolute atomic E-state index is 13.9. The molecule has 0 spiro atoms. The van der Waals surface area contributed by atoms with Crippen LogP contribution in [0.15, 0.2) is 121 Å². The minimum Gasteiger partial charge on any atom is -0.478 e. The van der Waals surface area contributed by atoms with Crippen LogP contribution in [0.1, 0.15) is 50.4 Å². The van der Waals surface area contributed by atoms with Gasteiger partial charge < -0.3 is 10.4 Å². The van der Waals surface area contributed by atoms with Crippen molar-refractivity contribution in [2.24, 2.45) is 0 Å². The van der Waals surface area contributed by atoms with E-state index in [-0.39, 0.29) is 11.1 Å². The first-order chi connectivity index (χ1) is 22.1. The van der Waals surface area contributed by atoms with Crippen molar-refractivity contribution < 1.29 is 27.9 Å². The summed E-state index contributed by atoms with van der Waals surface area (Å²) in [5.41, 5.74) is 4.59. The molecule has 1 aromatic heterocycles. The van der Waals surface area contributed by atoms with E-state index < -0.39 is 29.7 Å². The lowest BCUT2D eigenvalue weighted by Crippen LogP contribution is -2.27. The normalized spacial score (nSPS) is 12.2. The molecule has 6 rings (SSSR count). The van der Waals surface area contributed by atoms with Gasteiger partial charge in [0.1, 0.15) is 0 Å². The molecule has 0 unspecified atom stereocenters. The smallest absolute Gasteiger partial charge is 0.416 e.